The number of methoxy groups -OCH3 is 2. The van der Waals surface area contributed by atoms with E-state index in [1.54, 1.807) is 14.2 Å². The Morgan fingerprint density at radius 2 is 1.79 bits per heavy atom. The fourth-order valence-corrected chi connectivity index (χ4v) is 4.44. The van der Waals surface area contributed by atoms with Crippen LogP contribution in [0.4, 0.5) is 0 Å². The largest absolute Gasteiger partial charge is 0.493 e. The van der Waals surface area contributed by atoms with Gasteiger partial charge in [-0.05, 0) is 56.5 Å². The number of carbonyl (C=O) groups excluding carboxylic acids is 1. The van der Waals surface area contributed by atoms with Crippen LogP contribution in [0, 0.1) is 13.8 Å². The standard InChI is InChI=1S/C26H31N3O4/c1-17-10-11-18(2)21(14-17)26(30)29(20-8-6-5-7-9-20)16-24-27-25(28-33-24)19-12-13-22(31-3)23(15-19)32-4/h10-15,20H,5-9,16H2,1-4H3. The molecule has 3 aromatic rings. The first-order chi connectivity index (χ1) is 16.0. The lowest BCUT2D eigenvalue weighted by atomic mass is 9.93. The van der Waals surface area contributed by atoms with Crippen molar-refractivity contribution >= 4 is 5.91 Å². The molecule has 0 atom stereocenters. The number of ether oxygens (including phenoxy) is 2. The van der Waals surface area contributed by atoms with Gasteiger partial charge in [0.25, 0.3) is 5.91 Å². The van der Waals surface area contributed by atoms with Crippen molar-refractivity contribution in [1.29, 1.82) is 0 Å². The summed E-state index contributed by atoms with van der Waals surface area (Å²) in [5.41, 5.74) is 3.54. The maximum absolute atomic E-state index is 13.7. The van der Waals surface area contributed by atoms with E-state index < -0.39 is 0 Å². The molecule has 0 aliphatic heterocycles. The monoisotopic (exact) mass is 449 g/mol. The Morgan fingerprint density at radius 3 is 2.52 bits per heavy atom. The minimum Gasteiger partial charge on any atom is -0.493 e. The van der Waals surface area contributed by atoms with Crippen LogP contribution < -0.4 is 9.47 Å². The van der Waals surface area contributed by atoms with Gasteiger partial charge in [0.05, 0.1) is 14.2 Å². The normalized spacial score (nSPS) is 14.2. The van der Waals surface area contributed by atoms with Crippen molar-refractivity contribution in [3.8, 4) is 22.9 Å². The Hall–Kier alpha value is -3.35. The molecule has 0 saturated heterocycles. The first kappa shape index (κ1) is 22.8. The Balaban J connectivity index is 1.61. The van der Waals surface area contributed by atoms with Crippen molar-refractivity contribution in [2.45, 2.75) is 58.5 Å². The number of nitrogens with zero attached hydrogens (tertiary/aromatic N) is 3. The lowest BCUT2D eigenvalue weighted by molar-refractivity contribution is 0.0585. The van der Waals surface area contributed by atoms with E-state index in [2.05, 4.69) is 10.1 Å². The average molecular weight is 450 g/mol. The van der Waals surface area contributed by atoms with E-state index >= 15 is 0 Å². The summed E-state index contributed by atoms with van der Waals surface area (Å²) in [7, 11) is 3.18. The van der Waals surface area contributed by atoms with Crippen LogP contribution in [-0.2, 0) is 6.54 Å². The molecule has 0 radical (unpaired) electrons. The van der Waals surface area contributed by atoms with Gasteiger partial charge in [-0.25, -0.2) is 0 Å². The second kappa shape index (κ2) is 10.1. The first-order valence-corrected chi connectivity index (χ1v) is 11.4. The molecule has 1 aromatic heterocycles. The number of benzene rings is 2. The van der Waals surface area contributed by atoms with Gasteiger partial charge in [0.1, 0.15) is 6.54 Å². The van der Waals surface area contributed by atoms with Crippen LogP contribution in [0.3, 0.4) is 0 Å². The van der Waals surface area contributed by atoms with E-state index in [1.165, 1.54) is 6.42 Å². The lowest BCUT2D eigenvalue weighted by Crippen LogP contribution is -2.41. The van der Waals surface area contributed by atoms with Crippen LogP contribution in [0.25, 0.3) is 11.4 Å². The molecular formula is C26H31N3O4. The van der Waals surface area contributed by atoms with E-state index in [1.807, 2.05) is 55.1 Å². The van der Waals surface area contributed by atoms with Gasteiger partial charge in [-0.15, -0.1) is 0 Å². The third kappa shape index (κ3) is 5.02. The van der Waals surface area contributed by atoms with Gasteiger partial charge in [0.15, 0.2) is 11.5 Å². The van der Waals surface area contributed by atoms with Crippen molar-refractivity contribution in [1.82, 2.24) is 15.0 Å². The highest BCUT2D eigenvalue weighted by Crippen LogP contribution is 2.32. The molecule has 2 aromatic carbocycles. The predicted molar refractivity (Wildman–Crippen MR) is 126 cm³/mol. The van der Waals surface area contributed by atoms with E-state index in [9.17, 15) is 4.79 Å². The topological polar surface area (TPSA) is 77.7 Å². The number of rotatable bonds is 7. The van der Waals surface area contributed by atoms with Crippen molar-refractivity contribution in [3.63, 3.8) is 0 Å². The van der Waals surface area contributed by atoms with E-state index in [4.69, 9.17) is 14.0 Å². The molecule has 7 heteroatoms. The van der Waals surface area contributed by atoms with E-state index in [0.717, 1.165) is 47.9 Å². The summed E-state index contributed by atoms with van der Waals surface area (Å²) in [6, 6.07) is 11.7. The Morgan fingerprint density at radius 1 is 1.03 bits per heavy atom. The molecule has 0 N–H and O–H groups in total. The number of carbonyl (C=O) groups is 1. The molecule has 0 unspecified atom stereocenters. The van der Waals surface area contributed by atoms with Crippen LogP contribution in [0.5, 0.6) is 11.5 Å². The van der Waals surface area contributed by atoms with Crippen LogP contribution in [0.15, 0.2) is 40.9 Å². The van der Waals surface area contributed by atoms with Crippen LogP contribution in [0.2, 0.25) is 0 Å². The summed E-state index contributed by atoms with van der Waals surface area (Å²) in [6.45, 7) is 4.28. The number of amides is 1. The molecule has 0 bridgehead atoms. The molecule has 1 fully saturated rings. The second-order valence-corrected chi connectivity index (χ2v) is 8.62. The second-order valence-electron chi connectivity index (χ2n) is 8.62. The number of hydrogen-bond acceptors (Lipinski definition) is 6. The van der Waals surface area contributed by atoms with Crippen molar-refractivity contribution in [3.05, 3.63) is 59.0 Å². The summed E-state index contributed by atoms with van der Waals surface area (Å²) < 4.78 is 16.3. The zero-order valence-electron chi connectivity index (χ0n) is 19.8. The minimum atomic E-state index is 0.0222. The van der Waals surface area contributed by atoms with Crippen LogP contribution >= 0.6 is 0 Å². The fraction of sp³-hybridized carbons (Fsp3) is 0.423. The molecule has 0 spiro atoms. The Kier molecular flexibility index (Phi) is 6.96. The van der Waals surface area contributed by atoms with Crippen molar-refractivity contribution < 1.29 is 18.8 Å². The molecule has 174 valence electrons. The highest BCUT2D eigenvalue weighted by atomic mass is 16.5. The number of hydrogen-bond donors (Lipinski definition) is 0. The van der Waals surface area contributed by atoms with Gasteiger partial charge in [0.2, 0.25) is 11.7 Å². The maximum atomic E-state index is 13.7. The molecule has 1 aliphatic rings. The van der Waals surface area contributed by atoms with E-state index in [-0.39, 0.29) is 18.5 Å². The van der Waals surface area contributed by atoms with Crippen LogP contribution in [0.1, 0.15) is 59.5 Å². The first-order valence-electron chi connectivity index (χ1n) is 11.4. The van der Waals surface area contributed by atoms with Crippen molar-refractivity contribution in [2.75, 3.05) is 14.2 Å². The summed E-state index contributed by atoms with van der Waals surface area (Å²) in [6.07, 6.45) is 5.45. The SMILES string of the molecule is COc1ccc(-c2noc(CN(C(=O)c3cc(C)ccc3C)C3CCCCC3)n2)cc1OC. The average Bonchev–Trinajstić information content (AvgIpc) is 3.32. The van der Waals surface area contributed by atoms with Gasteiger partial charge in [0, 0.05) is 17.2 Å². The van der Waals surface area contributed by atoms with Crippen LogP contribution in [-0.4, -0.2) is 41.2 Å². The summed E-state index contributed by atoms with van der Waals surface area (Å²) >= 11 is 0. The molecule has 7 nitrogen and oxygen atoms in total. The Labute approximate surface area is 194 Å². The highest BCUT2D eigenvalue weighted by molar-refractivity contribution is 5.96. The molecule has 1 heterocycles. The minimum absolute atomic E-state index is 0.0222. The van der Waals surface area contributed by atoms with Gasteiger partial charge < -0.3 is 18.9 Å². The lowest BCUT2D eigenvalue weighted by Gasteiger charge is -2.34. The maximum Gasteiger partial charge on any atom is 0.254 e. The summed E-state index contributed by atoms with van der Waals surface area (Å²) in [5, 5.41) is 4.16. The van der Waals surface area contributed by atoms with Gasteiger partial charge in [-0.3, -0.25) is 4.79 Å². The number of aryl methyl sites for hydroxylation is 2. The third-order valence-electron chi connectivity index (χ3n) is 6.32. The Bertz CT molecular complexity index is 1120. The molecular weight excluding hydrogens is 418 g/mol. The molecule has 1 amide bonds. The molecule has 33 heavy (non-hydrogen) atoms. The molecule has 1 aliphatic carbocycles. The molecule has 4 rings (SSSR count). The van der Waals surface area contributed by atoms with Gasteiger partial charge >= 0.3 is 0 Å². The third-order valence-corrected chi connectivity index (χ3v) is 6.32. The zero-order valence-corrected chi connectivity index (χ0v) is 19.8. The quantitative estimate of drug-likeness (QED) is 0.484. The van der Waals surface area contributed by atoms with Gasteiger partial charge in [-0.1, -0.05) is 42.1 Å². The predicted octanol–water partition coefficient (Wildman–Crippen LogP) is 5.35. The fourth-order valence-electron chi connectivity index (χ4n) is 4.44. The zero-order chi connectivity index (χ0) is 23.4. The van der Waals surface area contributed by atoms with Crippen molar-refractivity contribution in [2.24, 2.45) is 0 Å². The summed E-state index contributed by atoms with van der Waals surface area (Å²) in [4.78, 5) is 20.2. The van der Waals surface area contributed by atoms with E-state index in [0.29, 0.717) is 23.2 Å². The van der Waals surface area contributed by atoms with Gasteiger partial charge in [-0.2, -0.15) is 4.98 Å². The smallest absolute Gasteiger partial charge is 0.254 e. The number of aromatic nitrogens is 2. The summed E-state index contributed by atoms with van der Waals surface area (Å²) in [5.74, 6) is 2.12. The highest BCUT2D eigenvalue weighted by Gasteiger charge is 2.29. The molecule has 1 saturated carbocycles.